The Morgan fingerprint density at radius 3 is 2.66 bits per heavy atom. The fourth-order valence-corrected chi connectivity index (χ4v) is 5.70. The molecule has 0 spiro atoms. The zero-order valence-corrected chi connectivity index (χ0v) is 16.8. The van der Waals surface area contributed by atoms with Crippen molar-refractivity contribution in [3.05, 3.63) is 30.4 Å². The molecule has 2 aliphatic carbocycles. The zero-order chi connectivity index (χ0) is 20.1. The van der Waals surface area contributed by atoms with Gasteiger partial charge in [-0.3, -0.25) is 19.3 Å². The van der Waals surface area contributed by atoms with E-state index in [1.807, 2.05) is 25.1 Å². The number of nitrogens with zero attached hydrogens (tertiary/aromatic N) is 2. The molecule has 1 saturated heterocycles. The standard InChI is InChI=1S/C21H21N3O4S/c1-2-28-13-5-6-14-15(10-13)29-21(22-14)23-16(25)7-8-24-19(26)17-11-3-4-12(9-11)18(17)20(24)27/h3-6,10-12,17-18H,2,7-9H2,1H3,(H,22,23,25)/t11-,12-,17-,18+/m0/s1. The molecule has 2 aromatic rings. The molecule has 1 aromatic carbocycles. The number of nitrogens with one attached hydrogen (secondary N) is 1. The largest absolute Gasteiger partial charge is 0.494 e. The summed E-state index contributed by atoms with van der Waals surface area (Å²) in [4.78, 5) is 43.4. The van der Waals surface area contributed by atoms with Crippen LogP contribution >= 0.6 is 11.3 Å². The highest BCUT2D eigenvalue weighted by atomic mass is 32.1. The van der Waals surface area contributed by atoms with E-state index in [1.165, 1.54) is 16.2 Å². The number of rotatable bonds is 6. The molecular weight excluding hydrogens is 390 g/mol. The molecule has 3 aliphatic rings. The van der Waals surface area contributed by atoms with Crippen LogP contribution in [0, 0.1) is 23.7 Å². The average Bonchev–Trinajstić information content (AvgIpc) is 3.44. The Kier molecular flexibility index (Phi) is 4.38. The molecule has 29 heavy (non-hydrogen) atoms. The third-order valence-electron chi connectivity index (χ3n) is 6.04. The first-order chi connectivity index (χ1) is 14.0. The highest BCUT2D eigenvalue weighted by Gasteiger charge is 2.59. The third kappa shape index (κ3) is 3.02. The van der Waals surface area contributed by atoms with Crippen LogP contribution in [0.1, 0.15) is 19.8 Å². The van der Waals surface area contributed by atoms with Gasteiger partial charge < -0.3 is 10.1 Å². The number of thiazole rings is 1. The molecular formula is C21H21N3O4S. The van der Waals surface area contributed by atoms with Crippen molar-refractivity contribution in [2.75, 3.05) is 18.5 Å². The second-order valence-electron chi connectivity index (χ2n) is 7.71. The van der Waals surface area contributed by atoms with Crippen molar-refractivity contribution in [2.45, 2.75) is 19.8 Å². The van der Waals surface area contributed by atoms with Gasteiger partial charge in [0, 0.05) is 13.0 Å². The summed E-state index contributed by atoms with van der Waals surface area (Å²) in [7, 11) is 0. The van der Waals surface area contributed by atoms with Crippen molar-refractivity contribution in [1.82, 2.24) is 9.88 Å². The molecule has 3 amide bonds. The fraction of sp³-hybridized carbons (Fsp3) is 0.429. The van der Waals surface area contributed by atoms with Gasteiger partial charge in [-0.1, -0.05) is 23.5 Å². The van der Waals surface area contributed by atoms with Crippen LogP contribution in [0.2, 0.25) is 0 Å². The monoisotopic (exact) mass is 411 g/mol. The minimum atomic E-state index is -0.257. The van der Waals surface area contributed by atoms with Crippen LogP contribution in [0.4, 0.5) is 5.13 Å². The number of carbonyl (C=O) groups excluding carboxylic acids is 3. The van der Waals surface area contributed by atoms with Crippen LogP contribution in [0.5, 0.6) is 5.75 Å². The number of allylic oxidation sites excluding steroid dienone is 2. The summed E-state index contributed by atoms with van der Waals surface area (Å²) in [6.07, 6.45) is 5.11. The topological polar surface area (TPSA) is 88.6 Å². The molecule has 1 N–H and O–H groups in total. The van der Waals surface area contributed by atoms with Gasteiger partial charge >= 0.3 is 0 Å². The number of amides is 3. The van der Waals surface area contributed by atoms with Crippen LogP contribution in [-0.2, 0) is 14.4 Å². The maximum Gasteiger partial charge on any atom is 0.233 e. The van der Waals surface area contributed by atoms with Crippen LogP contribution in [0.3, 0.4) is 0 Å². The number of carbonyl (C=O) groups is 3. The van der Waals surface area contributed by atoms with Crippen molar-refractivity contribution >= 4 is 44.4 Å². The Morgan fingerprint density at radius 2 is 1.97 bits per heavy atom. The highest BCUT2D eigenvalue weighted by molar-refractivity contribution is 7.22. The number of benzene rings is 1. The number of anilines is 1. The zero-order valence-electron chi connectivity index (χ0n) is 16.0. The highest BCUT2D eigenvalue weighted by Crippen LogP contribution is 2.52. The van der Waals surface area contributed by atoms with E-state index in [1.54, 1.807) is 0 Å². The van der Waals surface area contributed by atoms with E-state index in [0.29, 0.717) is 11.7 Å². The summed E-state index contributed by atoms with van der Waals surface area (Å²) in [6.45, 7) is 2.63. The van der Waals surface area contributed by atoms with E-state index < -0.39 is 0 Å². The minimum Gasteiger partial charge on any atom is -0.494 e. The first-order valence-electron chi connectivity index (χ1n) is 9.92. The van der Waals surface area contributed by atoms with E-state index in [2.05, 4.69) is 22.5 Å². The lowest BCUT2D eigenvalue weighted by atomic mass is 9.85. The molecule has 1 aromatic heterocycles. The Labute approximate surface area is 171 Å². The first-order valence-corrected chi connectivity index (χ1v) is 10.7. The van der Waals surface area contributed by atoms with Crippen molar-refractivity contribution in [3.8, 4) is 5.75 Å². The number of aromatic nitrogens is 1. The number of fused-ring (bicyclic) bond motifs is 6. The molecule has 150 valence electrons. The van der Waals surface area contributed by atoms with Gasteiger partial charge in [-0.15, -0.1) is 0 Å². The maximum atomic E-state index is 12.7. The molecule has 2 fully saturated rings. The van der Waals surface area contributed by atoms with Gasteiger partial charge in [0.15, 0.2) is 5.13 Å². The summed E-state index contributed by atoms with van der Waals surface area (Å²) in [5.41, 5.74) is 0.787. The molecule has 2 heterocycles. The van der Waals surface area contributed by atoms with Gasteiger partial charge in [-0.25, -0.2) is 4.98 Å². The van der Waals surface area contributed by atoms with E-state index in [9.17, 15) is 14.4 Å². The van der Waals surface area contributed by atoms with Crippen molar-refractivity contribution in [2.24, 2.45) is 23.7 Å². The van der Waals surface area contributed by atoms with Crippen molar-refractivity contribution < 1.29 is 19.1 Å². The van der Waals surface area contributed by atoms with Crippen LogP contribution in [0.25, 0.3) is 10.2 Å². The summed E-state index contributed by atoms with van der Waals surface area (Å²) >= 11 is 1.37. The predicted octanol–water partition coefficient (Wildman–Crippen LogP) is 2.83. The van der Waals surface area contributed by atoms with E-state index in [-0.39, 0.29) is 54.4 Å². The van der Waals surface area contributed by atoms with Gasteiger partial charge in [0.05, 0.1) is 28.7 Å². The first kappa shape index (κ1) is 18.3. The fourth-order valence-electron chi connectivity index (χ4n) is 4.79. The second kappa shape index (κ2) is 6.95. The van der Waals surface area contributed by atoms with Gasteiger partial charge in [0.1, 0.15) is 5.75 Å². The van der Waals surface area contributed by atoms with Crippen molar-refractivity contribution in [3.63, 3.8) is 0 Å². The molecule has 1 saturated carbocycles. The molecule has 1 aliphatic heterocycles. The van der Waals surface area contributed by atoms with Crippen LogP contribution in [-0.4, -0.2) is 40.8 Å². The number of hydrogen-bond acceptors (Lipinski definition) is 6. The smallest absolute Gasteiger partial charge is 0.233 e. The van der Waals surface area contributed by atoms with E-state index >= 15 is 0 Å². The molecule has 0 radical (unpaired) electrons. The summed E-state index contributed by atoms with van der Waals surface area (Å²) in [6, 6.07) is 5.60. The summed E-state index contributed by atoms with van der Waals surface area (Å²) in [5, 5.41) is 3.28. The van der Waals surface area contributed by atoms with Crippen LogP contribution < -0.4 is 10.1 Å². The van der Waals surface area contributed by atoms with E-state index in [0.717, 1.165) is 22.4 Å². The number of imide groups is 1. The van der Waals surface area contributed by atoms with Gasteiger partial charge in [0.25, 0.3) is 0 Å². The van der Waals surface area contributed by atoms with Gasteiger partial charge in [-0.05, 0) is 43.4 Å². The van der Waals surface area contributed by atoms with E-state index in [4.69, 9.17) is 4.74 Å². The molecule has 7 nitrogen and oxygen atoms in total. The maximum absolute atomic E-state index is 12.7. The van der Waals surface area contributed by atoms with Gasteiger partial charge in [0.2, 0.25) is 17.7 Å². The Morgan fingerprint density at radius 1 is 1.24 bits per heavy atom. The second-order valence-corrected chi connectivity index (χ2v) is 8.74. The quantitative estimate of drug-likeness (QED) is 0.583. The summed E-state index contributed by atoms with van der Waals surface area (Å²) in [5.74, 6) is 0.207. The van der Waals surface area contributed by atoms with Crippen LogP contribution in [0.15, 0.2) is 30.4 Å². The normalized spacial score (nSPS) is 27.1. The summed E-state index contributed by atoms with van der Waals surface area (Å²) < 4.78 is 6.41. The van der Waals surface area contributed by atoms with Crippen molar-refractivity contribution in [1.29, 1.82) is 0 Å². The Hall–Kier alpha value is -2.74. The predicted molar refractivity (Wildman–Crippen MR) is 108 cm³/mol. The van der Waals surface area contributed by atoms with Gasteiger partial charge in [-0.2, -0.15) is 0 Å². The molecule has 5 rings (SSSR count). The average molecular weight is 411 g/mol. The number of ether oxygens (including phenoxy) is 1. The lowest BCUT2D eigenvalue weighted by molar-refractivity contribution is -0.140. The molecule has 8 heteroatoms. The number of hydrogen-bond donors (Lipinski definition) is 1. The molecule has 4 atom stereocenters. The lowest BCUT2D eigenvalue weighted by Crippen LogP contribution is -2.35. The molecule has 2 bridgehead atoms. The minimum absolute atomic E-state index is 0.0692. The number of likely N-dealkylation sites (tertiary alicyclic amines) is 1. The Bertz CT molecular complexity index is 1020. The molecule has 0 unspecified atom stereocenters. The third-order valence-corrected chi connectivity index (χ3v) is 6.97. The Balaban J connectivity index is 1.21. The SMILES string of the molecule is CCOc1ccc2nc(NC(=O)CCN3C(=O)[C@@H]4[C@H](C3=O)[C@H]3C=C[C@H]4C3)sc2c1. The lowest BCUT2D eigenvalue weighted by Gasteiger charge is -2.16.